The molecule has 3 atom stereocenters. The number of carbonyl (C=O) groups is 1. The molecule has 1 unspecified atom stereocenters. The van der Waals surface area contributed by atoms with Crippen LogP contribution in [-0.4, -0.2) is 5.78 Å². The third-order valence-corrected chi connectivity index (χ3v) is 3.74. The number of Topliss-reactive ketones (excluding diaryl/α,β-unsaturated/α-hetero) is 1. The molecule has 0 spiro atoms. The highest BCUT2D eigenvalue weighted by Gasteiger charge is 2.51. The second-order valence-corrected chi connectivity index (χ2v) is 4.80. The summed E-state index contributed by atoms with van der Waals surface area (Å²) in [5.41, 5.74) is 0.214. The summed E-state index contributed by atoms with van der Waals surface area (Å²) in [6.07, 6.45) is 5.74. The van der Waals surface area contributed by atoms with Gasteiger partial charge in [0.05, 0.1) is 0 Å². The minimum atomic E-state index is 0.214. The number of allylic oxidation sites excluding steroid dienone is 2. The van der Waals surface area contributed by atoms with E-state index in [1.54, 1.807) is 6.92 Å². The molecule has 66 valence electrons. The summed E-state index contributed by atoms with van der Waals surface area (Å²) >= 11 is 0. The second kappa shape index (κ2) is 2.21. The quantitative estimate of drug-likeness (QED) is 0.544. The predicted octanol–water partition coefficient (Wildman–Crippen LogP) is 2.42. The standard InChI is InChI=1S/C11H16O/c1-7(12)10-8-4-5-9(6-8)11(10,2)3/h4-5,8-10H,6H2,1-3H3/t8?,9-,10+/m0/s1. The highest BCUT2D eigenvalue weighted by atomic mass is 16.1. The number of rotatable bonds is 1. The monoisotopic (exact) mass is 164 g/mol. The van der Waals surface area contributed by atoms with Gasteiger partial charge >= 0.3 is 0 Å². The van der Waals surface area contributed by atoms with Crippen molar-refractivity contribution in [2.45, 2.75) is 27.2 Å². The average Bonchev–Trinajstić information content (AvgIpc) is 2.41. The van der Waals surface area contributed by atoms with E-state index in [4.69, 9.17) is 0 Å². The lowest BCUT2D eigenvalue weighted by Gasteiger charge is -2.33. The van der Waals surface area contributed by atoms with Crippen molar-refractivity contribution in [2.75, 3.05) is 0 Å². The third kappa shape index (κ3) is 0.825. The molecule has 0 aromatic rings. The van der Waals surface area contributed by atoms with Crippen LogP contribution in [0.4, 0.5) is 0 Å². The second-order valence-electron chi connectivity index (χ2n) is 4.80. The van der Waals surface area contributed by atoms with Crippen LogP contribution < -0.4 is 0 Å². The van der Waals surface area contributed by atoms with E-state index in [0.29, 0.717) is 17.6 Å². The van der Waals surface area contributed by atoms with E-state index in [1.165, 1.54) is 6.42 Å². The molecular weight excluding hydrogens is 148 g/mol. The van der Waals surface area contributed by atoms with Crippen molar-refractivity contribution >= 4 is 5.78 Å². The van der Waals surface area contributed by atoms with Crippen LogP contribution in [0, 0.1) is 23.2 Å². The zero-order valence-electron chi connectivity index (χ0n) is 8.00. The molecule has 2 aliphatic rings. The molecule has 2 bridgehead atoms. The van der Waals surface area contributed by atoms with Gasteiger partial charge in [-0.05, 0) is 30.6 Å². The smallest absolute Gasteiger partial charge is 0.134 e. The topological polar surface area (TPSA) is 17.1 Å². The van der Waals surface area contributed by atoms with Crippen molar-refractivity contribution < 1.29 is 4.79 Å². The van der Waals surface area contributed by atoms with Crippen LogP contribution >= 0.6 is 0 Å². The Morgan fingerprint density at radius 1 is 1.42 bits per heavy atom. The molecule has 0 aromatic heterocycles. The lowest BCUT2D eigenvalue weighted by Crippen LogP contribution is -2.33. The van der Waals surface area contributed by atoms with Gasteiger partial charge in [-0.15, -0.1) is 0 Å². The van der Waals surface area contributed by atoms with Crippen LogP contribution in [0.1, 0.15) is 27.2 Å². The van der Waals surface area contributed by atoms with E-state index in [0.717, 1.165) is 0 Å². The summed E-state index contributed by atoms with van der Waals surface area (Å²) in [7, 11) is 0. The third-order valence-electron chi connectivity index (χ3n) is 3.74. The summed E-state index contributed by atoms with van der Waals surface area (Å²) in [4.78, 5) is 11.4. The first kappa shape index (κ1) is 8.03. The molecule has 12 heavy (non-hydrogen) atoms. The fourth-order valence-electron chi connectivity index (χ4n) is 3.13. The predicted molar refractivity (Wildman–Crippen MR) is 48.7 cm³/mol. The number of fused-ring (bicyclic) bond motifs is 2. The first-order valence-corrected chi connectivity index (χ1v) is 4.72. The fraction of sp³-hybridized carbons (Fsp3) is 0.727. The Morgan fingerprint density at radius 3 is 2.42 bits per heavy atom. The number of hydrogen-bond acceptors (Lipinski definition) is 1. The maximum absolute atomic E-state index is 11.4. The van der Waals surface area contributed by atoms with Gasteiger partial charge in [0.25, 0.3) is 0 Å². The van der Waals surface area contributed by atoms with Gasteiger partial charge in [0.1, 0.15) is 5.78 Å². The van der Waals surface area contributed by atoms with Gasteiger partial charge in [-0.3, -0.25) is 4.79 Å². The number of hydrogen-bond donors (Lipinski definition) is 0. The van der Waals surface area contributed by atoms with E-state index in [1.807, 2.05) is 0 Å². The van der Waals surface area contributed by atoms with Crippen LogP contribution in [-0.2, 0) is 4.79 Å². The van der Waals surface area contributed by atoms with Crippen molar-refractivity contribution in [3.05, 3.63) is 12.2 Å². The number of ketones is 1. The van der Waals surface area contributed by atoms with E-state index in [9.17, 15) is 4.79 Å². The first-order chi connectivity index (χ1) is 5.53. The molecule has 2 aliphatic carbocycles. The van der Waals surface area contributed by atoms with Crippen LogP contribution in [0.3, 0.4) is 0 Å². The van der Waals surface area contributed by atoms with Gasteiger partial charge in [0.2, 0.25) is 0 Å². The van der Waals surface area contributed by atoms with Gasteiger partial charge in [0, 0.05) is 5.92 Å². The van der Waals surface area contributed by atoms with Gasteiger partial charge in [-0.2, -0.15) is 0 Å². The Hall–Kier alpha value is -0.590. The molecule has 1 saturated carbocycles. The maximum atomic E-state index is 11.4. The lowest BCUT2D eigenvalue weighted by atomic mass is 9.70. The van der Waals surface area contributed by atoms with Crippen molar-refractivity contribution in [1.29, 1.82) is 0 Å². The molecule has 0 heterocycles. The molecule has 2 rings (SSSR count). The summed E-state index contributed by atoms with van der Waals surface area (Å²) in [5, 5.41) is 0. The largest absolute Gasteiger partial charge is 0.300 e. The molecule has 0 aliphatic heterocycles. The van der Waals surface area contributed by atoms with Gasteiger partial charge in [-0.1, -0.05) is 26.0 Å². The Labute approximate surface area is 73.8 Å². The van der Waals surface area contributed by atoms with Gasteiger partial charge < -0.3 is 0 Å². The molecule has 1 heteroatoms. The normalized spacial score (nSPS) is 42.1. The Balaban J connectivity index is 2.36. The van der Waals surface area contributed by atoms with Crippen molar-refractivity contribution in [2.24, 2.45) is 23.2 Å². The average molecular weight is 164 g/mol. The van der Waals surface area contributed by atoms with E-state index in [2.05, 4.69) is 26.0 Å². The van der Waals surface area contributed by atoms with Crippen molar-refractivity contribution in [3.63, 3.8) is 0 Å². The fourth-order valence-corrected chi connectivity index (χ4v) is 3.13. The molecule has 1 fully saturated rings. The van der Waals surface area contributed by atoms with Crippen molar-refractivity contribution in [3.8, 4) is 0 Å². The molecule has 0 radical (unpaired) electrons. The molecule has 1 nitrogen and oxygen atoms in total. The van der Waals surface area contributed by atoms with E-state index >= 15 is 0 Å². The zero-order chi connectivity index (χ0) is 8.93. The summed E-state index contributed by atoms with van der Waals surface area (Å²) in [6.45, 7) is 6.20. The van der Waals surface area contributed by atoms with Gasteiger partial charge in [0.15, 0.2) is 0 Å². The Kier molecular flexibility index (Phi) is 1.48. The maximum Gasteiger partial charge on any atom is 0.134 e. The molecular formula is C11H16O. The highest BCUT2D eigenvalue weighted by Crippen LogP contribution is 2.55. The molecule has 0 saturated heterocycles. The molecule has 0 aromatic carbocycles. The van der Waals surface area contributed by atoms with Crippen LogP contribution in [0.5, 0.6) is 0 Å². The van der Waals surface area contributed by atoms with E-state index in [-0.39, 0.29) is 11.3 Å². The van der Waals surface area contributed by atoms with E-state index < -0.39 is 0 Å². The molecule has 0 N–H and O–H groups in total. The minimum Gasteiger partial charge on any atom is -0.300 e. The first-order valence-electron chi connectivity index (χ1n) is 4.72. The highest BCUT2D eigenvalue weighted by molar-refractivity contribution is 5.80. The summed E-state index contributed by atoms with van der Waals surface area (Å²) in [6, 6.07) is 0. The lowest BCUT2D eigenvalue weighted by molar-refractivity contribution is -0.124. The Bertz CT molecular complexity index is 250. The summed E-state index contributed by atoms with van der Waals surface area (Å²) < 4.78 is 0. The SMILES string of the molecule is CC(=O)[C@@H]1C2C=C[C@@H](C2)C1(C)C. The molecule has 0 amide bonds. The van der Waals surface area contributed by atoms with Gasteiger partial charge in [-0.25, -0.2) is 0 Å². The van der Waals surface area contributed by atoms with Crippen molar-refractivity contribution in [1.82, 2.24) is 0 Å². The van der Waals surface area contributed by atoms with Crippen LogP contribution in [0.2, 0.25) is 0 Å². The minimum absolute atomic E-state index is 0.214. The summed E-state index contributed by atoms with van der Waals surface area (Å²) in [5.74, 6) is 1.85. The zero-order valence-corrected chi connectivity index (χ0v) is 8.00. The number of carbonyl (C=O) groups excluding carboxylic acids is 1. The Morgan fingerprint density at radius 2 is 2.08 bits per heavy atom. The van der Waals surface area contributed by atoms with Crippen LogP contribution in [0.25, 0.3) is 0 Å². The van der Waals surface area contributed by atoms with Crippen LogP contribution in [0.15, 0.2) is 12.2 Å².